The van der Waals surface area contributed by atoms with E-state index < -0.39 is 0 Å². The van der Waals surface area contributed by atoms with Crippen LogP contribution in [-0.4, -0.2) is 32.3 Å². The zero-order valence-electron chi connectivity index (χ0n) is 15.0. The zero-order valence-corrected chi connectivity index (χ0v) is 15.0. The van der Waals surface area contributed by atoms with Crippen molar-refractivity contribution in [3.63, 3.8) is 0 Å². The highest BCUT2D eigenvalue weighted by Gasteiger charge is 2.29. The molecule has 1 fully saturated rings. The molecule has 1 unspecified atom stereocenters. The highest BCUT2D eigenvalue weighted by atomic mass is 15.5. The van der Waals surface area contributed by atoms with Crippen LogP contribution in [-0.2, 0) is 6.54 Å². The van der Waals surface area contributed by atoms with Gasteiger partial charge < -0.3 is 11.1 Å². The summed E-state index contributed by atoms with van der Waals surface area (Å²) in [6.07, 6.45) is 9.11. The van der Waals surface area contributed by atoms with E-state index in [1.807, 2.05) is 4.68 Å². The summed E-state index contributed by atoms with van der Waals surface area (Å²) in [5, 5.41) is 16.4. The molecule has 1 aliphatic carbocycles. The average Bonchev–Trinajstić information content (AvgIpc) is 3.03. The van der Waals surface area contributed by atoms with Crippen molar-refractivity contribution in [1.82, 2.24) is 25.5 Å². The summed E-state index contributed by atoms with van der Waals surface area (Å²) >= 11 is 0. The average molecular weight is 323 g/mol. The van der Waals surface area contributed by atoms with Crippen molar-refractivity contribution in [1.29, 1.82) is 0 Å². The van der Waals surface area contributed by atoms with Crippen LogP contribution in [0.15, 0.2) is 0 Å². The third kappa shape index (κ3) is 4.98. The second-order valence-electron chi connectivity index (χ2n) is 6.95. The highest BCUT2D eigenvalue weighted by molar-refractivity contribution is 4.97. The molecule has 0 saturated heterocycles. The minimum Gasteiger partial charge on any atom is -0.328 e. The largest absolute Gasteiger partial charge is 0.328 e. The van der Waals surface area contributed by atoms with Crippen molar-refractivity contribution in [2.75, 3.05) is 0 Å². The molecule has 0 amide bonds. The van der Waals surface area contributed by atoms with Crippen LogP contribution in [0.5, 0.6) is 0 Å². The predicted octanol–water partition coefficient (Wildman–Crippen LogP) is 2.81. The lowest BCUT2D eigenvalue weighted by Gasteiger charge is -2.33. The highest BCUT2D eigenvalue weighted by Crippen LogP contribution is 2.29. The van der Waals surface area contributed by atoms with Crippen LogP contribution >= 0.6 is 0 Å². The summed E-state index contributed by atoms with van der Waals surface area (Å²) < 4.78 is 2.01. The Bertz CT molecular complexity index is 434. The Hall–Kier alpha value is -1.01. The molecule has 3 N–H and O–H groups in total. The first-order valence-corrected chi connectivity index (χ1v) is 9.47. The summed E-state index contributed by atoms with van der Waals surface area (Å²) in [5.74, 6) is 1.58. The molecular formula is C17H34N6. The molecule has 0 bridgehead atoms. The van der Waals surface area contributed by atoms with E-state index in [2.05, 4.69) is 41.6 Å². The molecule has 2 rings (SSSR count). The molecule has 23 heavy (non-hydrogen) atoms. The Balaban J connectivity index is 2.12. The second kappa shape index (κ2) is 9.33. The first-order valence-electron chi connectivity index (χ1n) is 9.47. The van der Waals surface area contributed by atoms with Crippen LogP contribution in [0, 0.1) is 5.92 Å². The van der Waals surface area contributed by atoms with Gasteiger partial charge in [-0.3, -0.25) is 0 Å². The standard InChI is InChI=1S/C17H34N6/c1-4-7-12-23-17(20-21-22-23)16(13(5-2)6-3)19-15-10-8-14(18)9-11-15/h13-16,19H,4-12,18H2,1-3H3. The van der Waals surface area contributed by atoms with Gasteiger partial charge >= 0.3 is 0 Å². The Morgan fingerprint density at radius 1 is 1.17 bits per heavy atom. The van der Waals surface area contributed by atoms with Crippen molar-refractivity contribution < 1.29 is 0 Å². The SMILES string of the molecule is CCCCn1nnnc1C(NC1CCC(N)CC1)C(CC)CC. The van der Waals surface area contributed by atoms with Crippen LogP contribution in [0.4, 0.5) is 0 Å². The van der Waals surface area contributed by atoms with Gasteiger partial charge in [0, 0.05) is 18.6 Å². The number of hydrogen-bond donors (Lipinski definition) is 2. The van der Waals surface area contributed by atoms with Gasteiger partial charge in [-0.2, -0.15) is 0 Å². The van der Waals surface area contributed by atoms with E-state index in [4.69, 9.17) is 5.73 Å². The van der Waals surface area contributed by atoms with Crippen LogP contribution in [0.1, 0.15) is 84.0 Å². The fourth-order valence-electron chi connectivity index (χ4n) is 3.62. The summed E-state index contributed by atoms with van der Waals surface area (Å²) in [6.45, 7) is 7.64. The fraction of sp³-hybridized carbons (Fsp3) is 0.941. The molecule has 1 aromatic rings. The molecule has 1 saturated carbocycles. The normalized spacial score (nSPS) is 23.3. The first kappa shape index (κ1) is 18.3. The van der Waals surface area contributed by atoms with Gasteiger partial charge in [0.25, 0.3) is 0 Å². The summed E-state index contributed by atoms with van der Waals surface area (Å²) in [5.41, 5.74) is 6.05. The summed E-state index contributed by atoms with van der Waals surface area (Å²) in [4.78, 5) is 0. The topological polar surface area (TPSA) is 81.7 Å². The molecule has 1 aromatic heterocycles. The first-order chi connectivity index (χ1) is 11.2. The number of rotatable bonds is 9. The monoisotopic (exact) mass is 322 g/mol. The van der Waals surface area contributed by atoms with E-state index in [1.165, 1.54) is 0 Å². The van der Waals surface area contributed by atoms with E-state index in [-0.39, 0.29) is 6.04 Å². The molecule has 0 aromatic carbocycles. The van der Waals surface area contributed by atoms with Gasteiger partial charge in [0.15, 0.2) is 5.82 Å². The number of unbranched alkanes of at least 4 members (excludes halogenated alkanes) is 1. The van der Waals surface area contributed by atoms with Gasteiger partial charge in [0.1, 0.15) is 0 Å². The predicted molar refractivity (Wildman–Crippen MR) is 92.9 cm³/mol. The maximum absolute atomic E-state index is 6.05. The molecule has 0 aliphatic heterocycles. The minimum absolute atomic E-state index is 0.246. The fourth-order valence-corrected chi connectivity index (χ4v) is 3.62. The number of nitrogens with one attached hydrogen (secondary N) is 1. The van der Waals surface area contributed by atoms with Crippen molar-refractivity contribution in [2.24, 2.45) is 11.7 Å². The number of hydrogen-bond acceptors (Lipinski definition) is 5. The Morgan fingerprint density at radius 3 is 2.48 bits per heavy atom. The van der Waals surface area contributed by atoms with Gasteiger partial charge in [0.05, 0.1) is 6.04 Å². The van der Waals surface area contributed by atoms with Crippen molar-refractivity contribution in [3.8, 4) is 0 Å². The molecule has 1 aliphatic rings. The van der Waals surface area contributed by atoms with E-state index in [1.54, 1.807) is 0 Å². The van der Waals surface area contributed by atoms with Crippen molar-refractivity contribution in [2.45, 2.75) is 96.8 Å². The van der Waals surface area contributed by atoms with E-state index in [0.29, 0.717) is 18.0 Å². The summed E-state index contributed by atoms with van der Waals surface area (Å²) in [7, 11) is 0. The van der Waals surface area contributed by atoms with Gasteiger partial charge in [-0.05, 0) is 48.4 Å². The van der Waals surface area contributed by atoms with E-state index in [9.17, 15) is 0 Å². The molecule has 1 heterocycles. The molecule has 0 spiro atoms. The van der Waals surface area contributed by atoms with Crippen LogP contribution in [0.25, 0.3) is 0 Å². The third-order valence-electron chi connectivity index (χ3n) is 5.27. The molecular weight excluding hydrogens is 288 g/mol. The summed E-state index contributed by atoms with van der Waals surface area (Å²) in [6, 6.07) is 1.17. The smallest absolute Gasteiger partial charge is 0.168 e. The van der Waals surface area contributed by atoms with Gasteiger partial charge in [0.2, 0.25) is 0 Å². The number of tetrazole rings is 1. The van der Waals surface area contributed by atoms with Crippen molar-refractivity contribution in [3.05, 3.63) is 5.82 Å². The Labute approximate surface area is 140 Å². The van der Waals surface area contributed by atoms with Gasteiger partial charge in [-0.25, -0.2) is 4.68 Å². The lowest BCUT2D eigenvalue weighted by atomic mass is 9.88. The lowest BCUT2D eigenvalue weighted by molar-refractivity contribution is 0.247. The minimum atomic E-state index is 0.246. The quantitative estimate of drug-likeness (QED) is 0.730. The van der Waals surface area contributed by atoms with Gasteiger partial charge in [-0.15, -0.1) is 5.10 Å². The number of aryl methyl sites for hydroxylation is 1. The third-order valence-corrected chi connectivity index (χ3v) is 5.27. The molecule has 6 nitrogen and oxygen atoms in total. The van der Waals surface area contributed by atoms with Crippen LogP contribution < -0.4 is 11.1 Å². The number of nitrogens with two attached hydrogens (primary N) is 1. The number of nitrogens with zero attached hydrogens (tertiary/aromatic N) is 4. The van der Waals surface area contributed by atoms with Crippen molar-refractivity contribution >= 4 is 0 Å². The van der Waals surface area contributed by atoms with E-state index in [0.717, 1.165) is 63.7 Å². The zero-order chi connectivity index (χ0) is 16.7. The molecule has 6 heteroatoms. The maximum Gasteiger partial charge on any atom is 0.168 e. The Morgan fingerprint density at radius 2 is 1.87 bits per heavy atom. The van der Waals surface area contributed by atoms with Crippen LogP contribution in [0.2, 0.25) is 0 Å². The molecule has 0 radical (unpaired) electrons. The van der Waals surface area contributed by atoms with Crippen LogP contribution in [0.3, 0.4) is 0 Å². The maximum atomic E-state index is 6.05. The van der Waals surface area contributed by atoms with E-state index >= 15 is 0 Å². The number of aromatic nitrogens is 4. The molecule has 1 atom stereocenters. The molecule has 132 valence electrons. The van der Waals surface area contributed by atoms with Gasteiger partial charge in [-0.1, -0.05) is 40.0 Å². The lowest BCUT2D eigenvalue weighted by Crippen LogP contribution is -2.42. The Kier molecular flexibility index (Phi) is 7.43. The second-order valence-corrected chi connectivity index (χ2v) is 6.95.